The third-order valence-electron chi connectivity index (χ3n) is 3.01. The average Bonchev–Trinajstić information content (AvgIpc) is 3.23. The van der Waals surface area contributed by atoms with E-state index in [4.69, 9.17) is 0 Å². The Balaban J connectivity index is 1.49. The van der Waals surface area contributed by atoms with Gasteiger partial charge in [0, 0.05) is 11.1 Å². The number of aromatic amines is 1. The summed E-state index contributed by atoms with van der Waals surface area (Å²) in [5.41, 5.74) is 3.20. The van der Waals surface area contributed by atoms with Crippen LogP contribution in [0.2, 0.25) is 0 Å². The standard InChI is InChI=1S/C15H11N3S3/c1-2-5-12-11(4-1)17-15(18-12)21-9-10-8-20-14(16-10)13-6-3-7-19-13/h1-8H,9H2,(H,17,18). The first-order chi connectivity index (χ1) is 10.4. The van der Waals surface area contributed by atoms with E-state index in [1.165, 1.54) is 4.88 Å². The zero-order valence-corrected chi connectivity index (χ0v) is 13.4. The maximum Gasteiger partial charge on any atom is 0.166 e. The zero-order valence-electron chi connectivity index (χ0n) is 10.9. The Morgan fingerprint density at radius 2 is 2.00 bits per heavy atom. The maximum absolute atomic E-state index is 4.69. The van der Waals surface area contributed by atoms with Crippen LogP contribution in [0.25, 0.3) is 20.9 Å². The van der Waals surface area contributed by atoms with E-state index in [0.717, 1.165) is 32.6 Å². The number of H-pyrrole nitrogens is 1. The first kappa shape index (κ1) is 13.1. The summed E-state index contributed by atoms with van der Waals surface area (Å²) in [7, 11) is 0. The molecular weight excluding hydrogens is 318 g/mol. The van der Waals surface area contributed by atoms with Crippen molar-refractivity contribution in [3.8, 4) is 9.88 Å². The highest BCUT2D eigenvalue weighted by Gasteiger charge is 2.08. The molecule has 0 amide bonds. The molecular formula is C15H11N3S3. The van der Waals surface area contributed by atoms with Gasteiger partial charge in [-0.25, -0.2) is 9.97 Å². The molecule has 0 unspecified atom stereocenters. The topological polar surface area (TPSA) is 41.6 Å². The summed E-state index contributed by atoms with van der Waals surface area (Å²) in [6, 6.07) is 12.3. The molecule has 0 saturated heterocycles. The second-order valence-electron chi connectivity index (χ2n) is 4.47. The van der Waals surface area contributed by atoms with Crippen molar-refractivity contribution in [3.05, 3.63) is 52.9 Å². The van der Waals surface area contributed by atoms with Gasteiger partial charge in [0.05, 0.1) is 21.6 Å². The van der Waals surface area contributed by atoms with Gasteiger partial charge in [-0.1, -0.05) is 30.0 Å². The van der Waals surface area contributed by atoms with E-state index in [2.05, 4.69) is 37.8 Å². The molecule has 0 fully saturated rings. The Kier molecular flexibility index (Phi) is 3.50. The maximum atomic E-state index is 4.69. The summed E-state index contributed by atoms with van der Waals surface area (Å²) in [6.45, 7) is 0. The summed E-state index contributed by atoms with van der Waals surface area (Å²) >= 11 is 5.12. The Labute approximate surface area is 134 Å². The van der Waals surface area contributed by atoms with Crippen LogP contribution >= 0.6 is 34.4 Å². The number of thiazole rings is 1. The summed E-state index contributed by atoms with van der Waals surface area (Å²) in [4.78, 5) is 13.8. The van der Waals surface area contributed by atoms with Crippen LogP contribution in [0.4, 0.5) is 0 Å². The molecule has 4 rings (SSSR count). The first-order valence-electron chi connectivity index (χ1n) is 6.44. The van der Waals surface area contributed by atoms with Gasteiger partial charge in [-0.05, 0) is 23.6 Å². The van der Waals surface area contributed by atoms with Crippen LogP contribution in [0.5, 0.6) is 0 Å². The minimum atomic E-state index is 0.835. The third kappa shape index (κ3) is 2.74. The number of nitrogens with one attached hydrogen (secondary N) is 1. The smallest absolute Gasteiger partial charge is 0.166 e. The number of benzene rings is 1. The molecule has 4 aromatic rings. The fraction of sp³-hybridized carbons (Fsp3) is 0.0667. The van der Waals surface area contributed by atoms with Crippen molar-refractivity contribution in [1.82, 2.24) is 15.0 Å². The van der Waals surface area contributed by atoms with E-state index >= 15 is 0 Å². The average molecular weight is 329 g/mol. The summed E-state index contributed by atoms with van der Waals surface area (Å²) < 4.78 is 0. The lowest BCUT2D eigenvalue weighted by Crippen LogP contribution is -1.82. The van der Waals surface area contributed by atoms with Crippen molar-refractivity contribution in [2.75, 3.05) is 0 Å². The molecule has 3 aromatic heterocycles. The summed E-state index contributed by atoms with van der Waals surface area (Å²) in [5, 5.41) is 6.26. The molecule has 1 N–H and O–H groups in total. The summed E-state index contributed by atoms with van der Waals surface area (Å²) in [5.74, 6) is 0.835. The molecule has 0 atom stereocenters. The van der Waals surface area contributed by atoms with E-state index in [1.54, 1.807) is 34.4 Å². The van der Waals surface area contributed by atoms with Crippen LogP contribution in [0.1, 0.15) is 5.69 Å². The number of hydrogen-bond donors (Lipinski definition) is 1. The molecule has 0 radical (unpaired) electrons. The van der Waals surface area contributed by atoms with Gasteiger partial charge >= 0.3 is 0 Å². The van der Waals surface area contributed by atoms with Gasteiger partial charge in [0.1, 0.15) is 5.01 Å². The zero-order chi connectivity index (χ0) is 14.1. The van der Waals surface area contributed by atoms with Gasteiger partial charge in [0.25, 0.3) is 0 Å². The number of imidazole rings is 1. The number of thiophene rings is 1. The van der Waals surface area contributed by atoms with Gasteiger partial charge in [-0.15, -0.1) is 22.7 Å². The van der Waals surface area contributed by atoms with E-state index in [1.807, 2.05) is 24.3 Å². The first-order valence-corrected chi connectivity index (χ1v) is 9.19. The van der Waals surface area contributed by atoms with Gasteiger partial charge in [0.2, 0.25) is 0 Å². The van der Waals surface area contributed by atoms with Crippen molar-refractivity contribution in [2.45, 2.75) is 10.9 Å². The number of rotatable bonds is 4. The number of aromatic nitrogens is 3. The molecule has 0 aliphatic rings. The van der Waals surface area contributed by atoms with E-state index in [9.17, 15) is 0 Å². The Bertz CT molecular complexity index is 828. The predicted octanol–water partition coefficient (Wildman–Crippen LogP) is 5.04. The monoisotopic (exact) mass is 329 g/mol. The highest BCUT2D eigenvalue weighted by atomic mass is 32.2. The molecule has 21 heavy (non-hydrogen) atoms. The lowest BCUT2D eigenvalue weighted by molar-refractivity contribution is 1.07. The molecule has 3 nitrogen and oxygen atoms in total. The SMILES string of the molecule is c1csc(-c2nc(CSc3nc4ccccc4[nH]3)cs2)c1. The second kappa shape index (κ2) is 5.63. The quantitative estimate of drug-likeness (QED) is 0.533. The van der Waals surface area contributed by atoms with Gasteiger partial charge in [-0.3, -0.25) is 0 Å². The number of hydrogen-bond acceptors (Lipinski definition) is 5. The lowest BCUT2D eigenvalue weighted by Gasteiger charge is -1.93. The van der Waals surface area contributed by atoms with Crippen LogP contribution < -0.4 is 0 Å². The van der Waals surface area contributed by atoms with Crippen LogP contribution in [-0.4, -0.2) is 15.0 Å². The second-order valence-corrected chi connectivity index (χ2v) is 7.24. The van der Waals surface area contributed by atoms with Crippen LogP contribution in [-0.2, 0) is 5.75 Å². The predicted molar refractivity (Wildman–Crippen MR) is 91.1 cm³/mol. The Morgan fingerprint density at radius 1 is 1.05 bits per heavy atom. The Hall–Kier alpha value is -1.63. The van der Waals surface area contributed by atoms with Gasteiger partial charge < -0.3 is 4.98 Å². The van der Waals surface area contributed by atoms with Crippen molar-refractivity contribution < 1.29 is 0 Å². The van der Waals surface area contributed by atoms with Crippen molar-refractivity contribution in [1.29, 1.82) is 0 Å². The number of thioether (sulfide) groups is 1. The molecule has 0 saturated carbocycles. The molecule has 0 aliphatic carbocycles. The molecule has 6 heteroatoms. The molecule has 104 valence electrons. The minimum absolute atomic E-state index is 0.835. The number of fused-ring (bicyclic) bond motifs is 1. The molecule has 0 aliphatic heterocycles. The fourth-order valence-electron chi connectivity index (χ4n) is 2.03. The third-order valence-corrected chi connectivity index (χ3v) is 5.85. The summed E-state index contributed by atoms with van der Waals surface area (Å²) in [6.07, 6.45) is 0. The number of nitrogens with zero attached hydrogens (tertiary/aromatic N) is 2. The molecule has 3 heterocycles. The van der Waals surface area contributed by atoms with E-state index < -0.39 is 0 Å². The van der Waals surface area contributed by atoms with Crippen LogP contribution in [0.3, 0.4) is 0 Å². The van der Waals surface area contributed by atoms with Gasteiger partial charge in [-0.2, -0.15) is 0 Å². The highest BCUT2D eigenvalue weighted by molar-refractivity contribution is 7.98. The molecule has 1 aromatic carbocycles. The lowest BCUT2D eigenvalue weighted by atomic mass is 10.3. The van der Waals surface area contributed by atoms with Crippen LogP contribution in [0.15, 0.2) is 52.3 Å². The largest absolute Gasteiger partial charge is 0.333 e. The molecule has 0 bridgehead atoms. The fourth-order valence-corrected chi connectivity index (χ4v) is 4.54. The van der Waals surface area contributed by atoms with E-state index in [0.29, 0.717) is 0 Å². The Morgan fingerprint density at radius 3 is 2.86 bits per heavy atom. The van der Waals surface area contributed by atoms with Gasteiger partial charge in [0.15, 0.2) is 5.16 Å². The van der Waals surface area contributed by atoms with Crippen molar-refractivity contribution >= 4 is 45.5 Å². The molecule has 0 spiro atoms. The van der Waals surface area contributed by atoms with Crippen molar-refractivity contribution in [3.63, 3.8) is 0 Å². The van der Waals surface area contributed by atoms with Crippen molar-refractivity contribution in [2.24, 2.45) is 0 Å². The number of para-hydroxylation sites is 2. The van der Waals surface area contributed by atoms with E-state index in [-0.39, 0.29) is 0 Å². The minimum Gasteiger partial charge on any atom is -0.333 e. The normalized spacial score (nSPS) is 11.2. The van der Waals surface area contributed by atoms with Crippen LogP contribution in [0, 0.1) is 0 Å². The highest BCUT2D eigenvalue weighted by Crippen LogP contribution is 2.30.